The van der Waals surface area contributed by atoms with Gasteiger partial charge in [-0.3, -0.25) is 0 Å². The first-order chi connectivity index (χ1) is 8.20. The molecule has 1 heterocycles. The van der Waals surface area contributed by atoms with Crippen LogP contribution in [0.5, 0.6) is 5.75 Å². The van der Waals surface area contributed by atoms with E-state index in [1.165, 1.54) is 18.8 Å². The summed E-state index contributed by atoms with van der Waals surface area (Å²) in [6, 6.07) is 8.46. The minimum absolute atomic E-state index is 0.864. The minimum atomic E-state index is 0.864. The first-order valence-electron chi connectivity index (χ1n) is 6.59. The number of nitrogens with zero attached hydrogens (tertiary/aromatic N) is 1. The quantitative estimate of drug-likeness (QED) is 0.793. The van der Waals surface area contributed by atoms with Crippen LogP contribution in [0.15, 0.2) is 24.3 Å². The third-order valence-electron chi connectivity index (χ3n) is 4.47. The molecule has 2 fully saturated rings. The summed E-state index contributed by atoms with van der Waals surface area (Å²) in [5, 5.41) is 0. The van der Waals surface area contributed by atoms with Gasteiger partial charge >= 0.3 is 0 Å². The molecule has 2 unspecified atom stereocenters. The lowest BCUT2D eigenvalue weighted by Crippen LogP contribution is -2.24. The van der Waals surface area contributed by atoms with Gasteiger partial charge in [0.1, 0.15) is 5.75 Å². The molecule has 1 saturated carbocycles. The highest BCUT2D eigenvalue weighted by Crippen LogP contribution is 2.56. The summed E-state index contributed by atoms with van der Waals surface area (Å²) >= 11 is 0. The van der Waals surface area contributed by atoms with E-state index < -0.39 is 0 Å². The first-order valence-corrected chi connectivity index (χ1v) is 6.59. The fraction of sp³-hybridized carbons (Fsp3) is 0.600. The molecule has 3 rings (SSSR count). The van der Waals surface area contributed by atoms with Crippen LogP contribution in [0.4, 0.5) is 5.69 Å². The SMILES string of the molecule is COc1ccc(N2CC3C(C2)C3C(C)C)cc1. The van der Waals surface area contributed by atoms with Crippen molar-refractivity contribution >= 4 is 5.69 Å². The average Bonchev–Trinajstić information content (AvgIpc) is 2.86. The predicted molar refractivity (Wildman–Crippen MR) is 70.5 cm³/mol. The number of benzene rings is 1. The average molecular weight is 231 g/mol. The summed E-state index contributed by atoms with van der Waals surface area (Å²) in [5.74, 6) is 4.71. The lowest BCUT2D eigenvalue weighted by atomic mass is 10.0. The van der Waals surface area contributed by atoms with Gasteiger partial charge in [-0.1, -0.05) is 13.8 Å². The summed E-state index contributed by atoms with van der Waals surface area (Å²) in [6.45, 7) is 7.22. The molecule has 2 heteroatoms. The van der Waals surface area contributed by atoms with E-state index in [0.717, 1.165) is 29.4 Å². The number of methoxy groups -OCH3 is 1. The van der Waals surface area contributed by atoms with E-state index in [1.54, 1.807) is 7.11 Å². The normalized spacial score (nSPS) is 30.6. The number of fused-ring (bicyclic) bond motifs is 1. The van der Waals surface area contributed by atoms with Crippen LogP contribution >= 0.6 is 0 Å². The molecule has 2 aliphatic rings. The largest absolute Gasteiger partial charge is 0.497 e. The molecular formula is C15H21NO. The third-order valence-corrected chi connectivity index (χ3v) is 4.47. The molecule has 2 atom stereocenters. The van der Waals surface area contributed by atoms with Crippen LogP contribution in [0.1, 0.15) is 13.8 Å². The van der Waals surface area contributed by atoms with Gasteiger partial charge < -0.3 is 9.64 Å². The summed E-state index contributed by atoms with van der Waals surface area (Å²) in [4.78, 5) is 2.52. The van der Waals surface area contributed by atoms with E-state index >= 15 is 0 Å². The van der Waals surface area contributed by atoms with Gasteiger partial charge in [-0.25, -0.2) is 0 Å². The van der Waals surface area contributed by atoms with Gasteiger partial charge in [-0.05, 0) is 47.9 Å². The molecular weight excluding hydrogens is 210 g/mol. The molecule has 1 aliphatic heterocycles. The van der Waals surface area contributed by atoms with E-state index in [9.17, 15) is 0 Å². The molecule has 1 aliphatic carbocycles. The number of hydrogen-bond acceptors (Lipinski definition) is 2. The molecule has 2 nitrogen and oxygen atoms in total. The lowest BCUT2D eigenvalue weighted by Gasteiger charge is -2.23. The Bertz CT molecular complexity index is 386. The highest BCUT2D eigenvalue weighted by molar-refractivity contribution is 5.51. The van der Waals surface area contributed by atoms with Crippen LogP contribution in [0.3, 0.4) is 0 Å². The molecule has 0 N–H and O–H groups in total. The van der Waals surface area contributed by atoms with Crippen molar-refractivity contribution in [2.24, 2.45) is 23.7 Å². The van der Waals surface area contributed by atoms with Crippen molar-refractivity contribution in [2.45, 2.75) is 13.8 Å². The molecule has 0 aromatic heterocycles. The summed E-state index contributed by atoms with van der Waals surface area (Å²) in [5.41, 5.74) is 1.35. The zero-order valence-electron chi connectivity index (χ0n) is 10.9. The smallest absolute Gasteiger partial charge is 0.119 e. The van der Waals surface area contributed by atoms with E-state index in [2.05, 4.69) is 43.0 Å². The van der Waals surface area contributed by atoms with E-state index in [4.69, 9.17) is 4.74 Å². The van der Waals surface area contributed by atoms with Crippen LogP contribution < -0.4 is 9.64 Å². The Kier molecular flexibility index (Phi) is 2.53. The van der Waals surface area contributed by atoms with Gasteiger partial charge in [0.05, 0.1) is 7.11 Å². The molecule has 92 valence electrons. The number of hydrogen-bond donors (Lipinski definition) is 0. The monoisotopic (exact) mass is 231 g/mol. The van der Waals surface area contributed by atoms with Gasteiger partial charge in [-0.15, -0.1) is 0 Å². The van der Waals surface area contributed by atoms with Gasteiger partial charge in [0, 0.05) is 18.8 Å². The number of ether oxygens (including phenoxy) is 1. The van der Waals surface area contributed by atoms with Crippen molar-refractivity contribution in [3.05, 3.63) is 24.3 Å². The van der Waals surface area contributed by atoms with Crippen molar-refractivity contribution < 1.29 is 4.74 Å². The van der Waals surface area contributed by atoms with Crippen LogP contribution in [-0.4, -0.2) is 20.2 Å². The van der Waals surface area contributed by atoms with Crippen molar-refractivity contribution in [3.63, 3.8) is 0 Å². The second-order valence-electron chi connectivity index (χ2n) is 5.75. The zero-order valence-corrected chi connectivity index (χ0v) is 10.9. The van der Waals surface area contributed by atoms with Crippen LogP contribution in [0.2, 0.25) is 0 Å². The Hall–Kier alpha value is -1.18. The third kappa shape index (κ3) is 1.80. The second kappa shape index (κ2) is 3.94. The van der Waals surface area contributed by atoms with Crippen LogP contribution in [0.25, 0.3) is 0 Å². The topological polar surface area (TPSA) is 12.5 Å². The van der Waals surface area contributed by atoms with Gasteiger partial charge in [0.15, 0.2) is 0 Å². The highest BCUT2D eigenvalue weighted by Gasteiger charge is 2.56. The molecule has 1 aromatic rings. The van der Waals surface area contributed by atoms with E-state index in [0.29, 0.717) is 0 Å². The summed E-state index contributed by atoms with van der Waals surface area (Å²) in [6.07, 6.45) is 0. The maximum absolute atomic E-state index is 5.19. The Balaban J connectivity index is 1.65. The fourth-order valence-corrected chi connectivity index (χ4v) is 3.56. The molecule has 1 aromatic carbocycles. The highest BCUT2D eigenvalue weighted by atomic mass is 16.5. The van der Waals surface area contributed by atoms with Crippen molar-refractivity contribution in [3.8, 4) is 5.75 Å². The van der Waals surface area contributed by atoms with Gasteiger partial charge in [0.25, 0.3) is 0 Å². The van der Waals surface area contributed by atoms with Crippen molar-refractivity contribution in [2.75, 3.05) is 25.1 Å². The van der Waals surface area contributed by atoms with Crippen molar-refractivity contribution in [1.82, 2.24) is 0 Å². The molecule has 0 bridgehead atoms. The van der Waals surface area contributed by atoms with Crippen LogP contribution in [0, 0.1) is 23.7 Å². The fourth-order valence-electron chi connectivity index (χ4n) is 3.56. The zero-order chi connectivity index (χ0) is 12.0. The number of piperidine rings is 1. The standard InChI is InChI=1S/C15H21NO/c1-10(2)15-13-8-16(9-14(13)15)11-4-6-12(17-3)7-5-11/h4-7,10,13-15H,8-9H2,1-3H3. The molecule has 1 saturated heterocycles. The predicted octanol–water partition coefficient (Wildman–Crippen LogP) is 3.03. The lowest BCUT2D eigenvalue weighted by molar-refractivity contribution is 0.415. The Morgan fingerprint density at radius 1 is 1.12 bits per heavy atom. The van der Waals surface area contributed by atoms with E-state index in [-0.39, 0.29) is 0 Å². The van der Waals surface area contributed by atoms with E-state index in [1.807, 2.05) is 0 Å². The molecule has 0 spiro atoms. The Labute approximate surface area is 104 Å². The first kappa shape index (κ1) is 10.9. The summed E-state index contributed by atoms with van der Waals surface area (Å²) in [7, 11) is 1.72. The Morgan fingerprint density at radius 2 is 1.71 bits per heavy atom. The second-order valence-corrected chi connectivity index (χ2v) is 5.75. The maximum atomic E-state index is 5.19. The summed E-state index contributed by atoms with van der Waals surface area (Å²) < 4.78 is 5.19. The molecule has 17 heavy (non-hydrogen) atoms. The Morgan fingerprint density at radius 3 is 2.18 bits per heavy atom. The number of anilines is 1. The number of rotatable bonds is 3. The molecule has 0 radical (unpaired) electrons. The van der Waals surface area contributed by atoms with Gasteiger partial charge in [0.2, 0.25) is 0 Å². The van der Waals surface area contributed by atoms with Gasteiger partial charge in [-0.2, -0.15) is 0 Å². The van der Waals surface area contributed by atoms with Crippen molar-refractivity contribution in [1.29, 1.82) is 0 Å². The maximum Gasteiger partial charge on any atom is 0.119 e. The molecule has 0 amide bonds. The van der Waals surface area contributed by atoms with Crippen LogP contribution in [-0.2, 0) is 0 Å². The minimum Gasteiger partial charge on any atom is -0.497 e.